The predicted molar refractivity (Wildman–Crippen MR) is 57.6 cm³/mol. The molecule has 1 aromatic heterocycles. The Hall–Kier alpha value is -0.450. The molecule has 1 aromatic rings. The molecule has 0 bridgehead atoms. The molecule has 3 nitrogen and oxygen atoms in total. The van der Waals surface area contributed by atoms with Crippen molar-refractivity contribution >= 4 is 11.3 Å². The van der Waals surface area contributed by atoms with Crippen LogP contribution in [0.25, 0.3) is 0 Å². The Morgan fingerprint density at radius 2 is 2.29 bits per heavy atom. The Morgan fingerprint density at radius 1 is 1.57 bits per heavy atom. The molecule has 14 heavy (non-hydrogen) atoms. The fourth-order valence-electron chi connectivity index (χ4n) is 1.06. The third-order valence-electron chi connectivity index (χ3n) is 1.70. The minimum Gasteiger partial charge on any atom is -0.390 e. The smallest absolute Gasteiger partial charge is 0.0954 e. The second-order valence-corrected chi connectivity index (χ2v) is 4.57. The number of nitrogens with zero attached hydrogens (tertiary/aromatic N) is 1. The van der Waals surface area contributed by atoms with Crippen LogP contribution in [0.3, 0.4) is 0 Å². The molecule has 1 heterocycles. The maximum absolute atomic E-state index is 9.60. The van der Waals surface area contributed by atoms with Crippen molar-refractivity contribution in [3.63, 3.8) is 0 Å². The van der Waals surface area contributed by atoms with E-state index in [1.165, 1.54) is 0 Å². The number of aromatic nitrogens is 1. The second kappa shape index (κ2) is 5.44. The highest BCUT2D eigenvalue weighted by Gasteiger charge is 2.09. The van der Waals surface area contributed by atoms with Gasteiger partial charge in [0.15, 0.2) is 0 Å². The van der Waals surface area contributed by atoms with E-state index in [0.717, 1.165) is 10.7 Å². The van der Waals surface area contributed by atoms with Crippen LogP contribution in [0.2, 0.25) is 0 Å². The van der Waals surface area contributed by atoms with Crippen LogP contribution >= 0.6 is 11.3 Å². The molecule has 1 N–H and O–H groups in total. The molecule has 4 heteroatoms. The van der Waals surface area contributed by atoms with E-state index in [1.54, 1.807) is 11.3 Å². The minimum atomic E-state index is -0.442. The zero-order valence-electron chi connectivity index (χ0n) is 8.86. The first kappa shape index (κ1) is 11.6. The summed E-state index contributed by atoms with van der Waals surface area (Å²) in [5, 5.41) is 12.6. The average molecular weight is 215 g/mol. The van der Waals surface area contributed by atoms with Crippen LogP contribution in [0.1, 0.15) is 24.5 Å². The zero-order valence-corrected chi connectivity index (χ0v) is 9.67. The van der Waals surface area contributed by atoms with E-state index in [4.69, 9.17) is 4.74 Å². The number of aliphatic hydroxyl groups is 1. The van der Waals surface area contributed by atoms with Crippen LogP contribution in [0.15, 0.2) is 5.38 Å². The monoisotopic (exact) mass is 215 g/mol. The Morgan fingerprint density at radius 3 is 2.79 bits per heavy atom. The summed E-state index contributed by atoms with van der Waals surface area (Å²) in [6.45, 7) is 6.26. The Bertz CT molecular complexity index is 273. The van der Waals surface area contributed by atoms with E-state index < -0.39 is 6.10 Å². The lowest BCUT2D eigenvalue weighted by Crippen LogP contribution is -2.20. The van der Waals surface area contributed by atoms with Crippen molar-refractivity contribution in [2.24, 2.45) is 0 Å². The normalized spacial score (nSPS) is 13.5. The summed E-state index contributed by atoms with van der Waals surface area (Å²) in [5.74, 6) is 0. The number of aryl methyl sites for hydroxylation is 1. The molecule has 0 spiro atoms. The number of aliphatic hydroxyl groups excluding tert-OH is 1. The maximum atomic E-state index is 9.60. The van der Waals surface area contributed by atoms with Crippen molar-refractivity contribution in [3.05, 3.63) is 16.1 Å². The van der Waals surface area contributed by atoms with Gasteiger partial charge in [-0.2, -0.15) is 0 Å². The molecule has 0 fully saturated rings. The number of rotatable bonds is 5. The molecule has 0 amide bonds. The number of hydrogen-bond acceptors (Lipinski definition) is 4. The van der Waals surface area contributed by atoms with Gasteiger partial charge in [-0.25, -0.2) is 4.98 Å². The van der Waals surface area contributed by atoms with Crippen molar-refractivity contribution < 1.29 is 9.84 Å². The van der Waals surface area contributed by atoms with Crippen LogP contribution in [-0.4, -0.2) is 28.9 Å². The van der Waals surface area contributed by atoms with Gasteiger partial charge in [-0.1, -0.05) is 0 Å². The lowest BCUT2D eigenvalue weighted by molar-refractivity contribution is 0.00619. The van der Waals surface area contributed by atoms with Crippen molar-refractivity contribution in [1.82, 2.24) is 4.98 Å². The van der Waals surface area contributed by atoms with Gasteiger partial charge < -0.3 is 9.84 Å². The van der Waals surface area contributed by atoms with E-state index in [1.807, 2.05) is 26.2 Å². The van der Waals surface area contributed by atoms with Gasteiger partial charge in [0.05, 0.1) is 23.8 Å². The van der Waals surface area contributed by atoms with Gasteiger partial charge in [-0.15, -0.1) is 11.3 Å². The van der Waals surface area contributed by atoms with Crippen molar-refractivity contribution in [1.29, 1.82) is 0 Å². The van der Waals surface area contributed by atoms with Gasteiger partial charge in [0.2, 0.25) is 0 Å². The highest BCUT2D eigenvalue weighted by molar-refractivity contribution is 7.09. The van der Waals surface area contributed by atoms with Crippen molar-refractivity contribution in [2.45, 2.75) is 39.4 Å². The van der Waals surface area contributed by atoms with Crippen LogP contribution in [0.4, 0.5) is 0 Å². The van der Waals surface area contributed by atoms with Gasteiger partial charge in [-0.3, -0.25) is 0 Å². The predicted octanol–water partition coefficient (Wildman–Crippen LogP) is 1.78. The van der Waals surface area contributed by atoms with Gasteiger partial charge in [-0.05, 0) is 20.8 Å². The summed E-state index contributed by atoms with van der Waals surface area (Å²) in [6, 6.07) is 0. The van der Waals surface area contributed by atoms with E-state index in [9.17, 15) is 5.11 Å². The van der Waals surface area contributed by atoms with E-state index >= 15 is 0 Å². The topological polar surface area (TPSA) is 42.4 Å². The molecule has 0 aliphatic carbocycles. The SMILES string of the molecule is Cc1csc(CC(O)COC(C)C)n1. The van der Waals surface area contributed by atoms with Crippen LogP contribution < -0.4 is 0 Å². The van der Waals surface area contributed by atoms with Crippen molar-refractivity contribution in [2.75, 3.05) is 6.61 Å². The molecular weight excluding hydrogens is 198 g/mol. The molecule has 0 radical (unpaired) electrons. The van der Waals surface area contributed by atoms with Crippen LogP contribution in [0.5, 0.6) is 0 Å². The molecular formula is C10H17NO2S. The quantitative estimate of drug-likeness (QED) is 0.814. The summed E-state index contributed by atoms with van der Waals surface area (Å²) in [4.78, 5) is 4.28. The summed E-state index contributed by atoms with van der Waals surface area (Å²) in [6.07, 6.45) is 0.316. The zero-order chi connectivity index (χ0) is 10.6. The average Bonchev–Trinajstić information content (AvgIpc) is 2.48. The molecule has 1 unspecified atom stereocenters. The summed E-state index contributed by atoms with van der Waals surface area (Å²) in [7, 11) is 0. The van der Waals surface area contributed by atoms with Crippen LogP contribution in [-0.2, 0) is 11.2 Å². The first-order chi connectivity index (χ1) is 6.58. The van der Waals surface area contributed by atoms with E-state index in [-0.39, 0.29) is 6.10 Å². The molecule has 0 aliphatic rings. The second-order valence-electron chi connectivity index (χ2n) is 3.62. The molecule has 80 valence electrons. The highest BCUT2D eigenvalue weighted by atomic mass is 32.1. The molecule has 1 rings (SSSR count). The number of thiazole rings is 1. The standard InChI is InChI=1S/C10H17NO2S/c1-7(2)13-5-9(12)4-10-11-8(3)6-14-10/h6-7,9,12H,4-5H2,1-3H3. The molecule has 0 saturated carbocycles. The summed E-state index contributed by atoms with van der Waals surface area (Å²) >= 11 is 1.59. The van der Waals surface area contributed by atoms with Crippen molar-refractivity contribution in [3.8, 4) is 0 Å². The summed E-state index contributed by atoms with van der Waals surface area (Å²) < 4.78 is 5.31. The third-order valence-corrected chi connectivity index (χ3v) is 2.69. The third kappa shape index (κ3) is 4.17. The lowest BCUT2D eigenvalue weighted by Gasteiger charge is -2.11. The Balaban J connectivity index is 2.30. The fourth-order valence-corrected chi connectivity index (χ4v) is 1.91. The summed E-state index contributed by atoms with van der Waals surface area (Å²) in [5.41, 5.74) is 1.02. The molecule has 0 aromatic carbocycles. The first-order valence-corrected chi connectivity index (χ1v) is 5.66. The van der Waals surface area contributed by atoms with E-state index in [2.05, 4.69) is 4.98 Å². The largest absolute Gasteiger partial charge is 0.390 e. The highest BCUT2D eigenvalue weighted by Crippen LogP contribution is 2.11. The maximum Gasteiger partial charge on any atom is 0.0954 e. The Labute approximate surface area is 88.8 Å². The fraction of sp³-hybridized carbons (Fsp3) is 0.700. The number of hydrogen-bond donors (Lipinski definition) is 1. The molecule has 1 atom stereocenters. The van der Waals surface area contributed by atoms with Gasteiger partial charge in [0.1, 0.15) is 0 Å². The molecule has 0 aliphatic heterocycles. The first-order valence-electron chi connectivity index (χ1n) is 4.78. The molecule has 0 saturated heterocycles. The Kier molecular flexibility index (Phi) is 4.51. The minimum absolute atomic E-state index is 0.169. The van der Waals surface area contributed by atoms with E-state index in [0.29, 0.717) is 13.0 Å². The van der Waals surface area contributed by atoms with Gasteiger partial charge >= 0.3 is 0 Å². The van der Waals surface area contributed by atoms with Gasteiger partial charge in [0, 0.05) is 17.5 Å². The van der Waals surface area contributed by atoms with Gasteiger partial charge in [0.25, 0.3) is 0 Å². The number of ether oxygens (including phenoxy) is 1. The lowest BCUT2D eigenvalue weighted by atomic mass is 10.3. The van der Waals surface area contributed by atoms with Crippen LogP contribution in [0, 0.1) is 6.92 Å².